The number of alkyl halides is 6. The Morgan fingerprint density at radius 2 is 0.912 bits per heavy atom. The number of nitrogen functional groups attached to an aromatic ring is 2. The number of halogens is 6. The van der Waals surface area contributed by atoms with E-state index in [-0.39, 0.29) is 22.5 Å². The number of carbonyl (C=O) groups is 2. The van der Waals surface area contributed by atoms with Crippen molar-refractivity contribution in [1.29, 1.82) is 0 Å². The van der Waals surface area contributed by atoms with Gasteiger partial charge >= 0.3 is 12.4 Å². The van der Waals surface area contributed by atoms with E-state index in [0.29, 0.717) is 12.1 Å². The van der Waals surface area contributed by atoms with Crippen molar-refractivity contribution < 1.29 is 35.9 Å². The van der Waals surface area contributed by atoms with Crippen molar-refractivity contribution in [3.05, 3.63) is 82.9 Å². The molecule has 6 N–H and O–H groups in total. The summed E-state index contributed by atoms with van der Waals surface area (Å²) in [5, 5.41) is 4.25. The number of nitrogens with one attached hydrogen (secondary N) is 2. The van der Waals surface area contributed by atoms with Crippen molar-refractivity contribution in [1.82, 2.24) is 0 Å². The number of amides is 2. The molecule has 0 spiro atoms. The number of hydrogen-bond donors (Lipinski definition) is 4. The first kappa shape index (κ1) is 24.4. The highest BCUT2D eigenvalue weighted by atomic mass is 19.4. The van der Waals surface area contributed by atoms with Crippen LogP contribution in [0.15, 0.2) is 60.7 Å². The molecule has 6 nitrogen and oxygen atoms in total. The number of anilines is 4. The van der Waals surface area contributed by atoms with Crippen molar-refractivity contribution >= 4 is 34.6 Å². The van der Waals surface area contributed by atoms with Gasteiger partial charge in [0, 0.05) is 22.5 Å². The Morgan fingerprint density at radius 1 is 0.588 bits per heavy atom. The molecule has 34 heavy (non-hydrogen) atoms. The third kappa shape index (κ3) is 5.57. The second kappa shape index (κ2) is 8.96. The predicted molar refractivity (Wildman–Crippen MR) is 114 cm³/mol. The molecule has 2 amide bonds. The van der Waals surface area contributed by atoms with Gasteiger partial charge in [0.2, 0.25) is 0 Å². The minimum atomic E-state index is -4.77. The van der Waals surface area contributed by atoms with Crippen LogP contribution in [0, 0.1) is 0 Å². The Labute approximate surface area is 188 Å². The summed E-state index contributed by atoms with van der Waals surface area (Å²) in [6.07, 6.45) is -9.53. The molecule has 0 atom stereocenters. The van der Waals surface area contributed by atoms with E-state index in [1.807, 2.05) is 0 Å². The zero-order valence-electron chi connectivity index (χ0n) is 17.0. The first-order valence-corrected chi connectivity index (χ1v) is 9.42. The third-order valence-electron chi connectivity index (χ3n) is 4.60. The zero-order valence-corrected chi connectivity index (χ0v) is 17.0. The minimum Gasteiger partial charge on any atom is -0.399 e. The van der Waals surface area contributed by atoms with Gasteiger partial charge in [-0.1, -0.05) is 0 Å². The van der Waals surface area contributed by atoms with Crippen molar-refractivity contribution in [2.24, 2.45) is 0 Å². The van der Waals surface area contributed by atoms with E-state index in [1.165, 1.54) is 12.1 Å². The van der Waals surface area contributed by atoms with Gasteiger partial charge in [-0.3, -0.25) is 9.59 Å². The Kier molecular flexibility index (Phi) is 6.44. The molecule has 0 aliphatic heterocycles. The Hall–Kier alpha value is -4.22. The molecule has 0 aromatic heterocycles. The summed E-state index contributed by atoms with van der Waals surface area (Å²) in [4.78, 5) is 24.8. The van der Waals surface area contributed by atoms with Crippen molar-refractivity contribution in [3.63, 3.8) is 0 Å². The molecule has 12 heteroatoms. The van der Waals surface area contributed by atoms with Crippen LogP contribution in [0.3, 0.4) is 0 Å². The molecule has 3 aromatic rings. The Morgan fingerprint density at radius 3 is 1.21 bits per heavy atom. The molecule has 0 fully saturated rings. The Bertz CT molecular complexity index is 1140. The number of rotatable bonds is 4. The molecule has 3 rings (SSSR count). The fourth-order valence-corrected chi connectivity index (χ4v) is 2.97. The van der Waals surface area contributed by atoms with Crippen LogP contribution in [-0.4, -0.2) is 11.8 Å². The monoisotopic (exact) mass is 482 g/mol. The van der Waals surface area contributed by atoms with Crippen LogP contribution in [0.1, 0.15) is 31.8 Å². The van der Waals surface area contributed by atoms with Crippen LogP contribution >= 0.6 is 0 Å². The van der Waals surface area contributed by atoms with Gasteiger partial charge in [-0.25, -0.2) is 0 Å². The highest BCUT2D eigenvalue weighted by molar-refractivity contribution is 6.07. The largest absolute Gasteiger partial charge is 0.418 e. The zero-order chi connectivity index (χ0) is 25.3. The van der Waals surface area contributed by atoms with E-state index >= 15 is 0 Å². The lowest BCUT2D eigenvalue weighted by Crippen LogP contribution is -2.18. The van der Waals surface area contributed by atoms with Gasteiger partial charge in [-0.2, -0.15) is 26.3 Å². The maximum Gasteiger partial charge on any atom is 0.418 e. The average Bonchev–Trinajstić information content (AvgIpc) is 2.74. The molecule has 0 saturated heterocycles. The van der Waals surface area contributed by atoms with Crippen LogP contribution in [-0.2, 0) is 12.4 Å². The molecule has 178 valence electrons. The van der Waals surface area contributed by atoms with Gasteiger partial charge in [0.25, 0.3) is 11.8 Å². The maximum atomic E-state index is 13.2. The summed E-state index contributed by atoms with van der Waals surface area (Å²) < 4.78 is 79.2. The van der Waals surface area contributed by atoms with Crippen molar-refractivity contribution in [2.45, 2.75) is 12.4 Å². The van der Waals surface area contributed by atoms with E-state index in [1.54, 1.807) is 0 Å². The average molecular weight is 482 g/mol. The Balaban J connectivity index is 1.78. The number of nitrogens with two attached hydrogens (primary N) is 2. The van der Waals surface area contributed by atoms with Crippen LogP contribution in [0.2, 0.25) is 0 Å². The molecular weight excluding hydrogens is 466 g/mol. The molecule has 0 saturated carbocycles. The van der Waals surface area contributed by atoms with Gasteiger partial charge in [0.15, 0.2) is 0 Å². The first-order valence-electron chi connectivity index (χ1n) is 9.42. The molecule has 0 unspecified atom stereocenters. The summed E-state index contributed by atoms with van der Waals surface area (Å²) in [6, 6.07) is 10.3. The van der Waals surface area contributed by atoms with Gasteiger partial charge in [-0.15, -0.1) is 0 Å². The fourth-order valence-electron chi connectivity index (χ4n) is 2.97. The molecule has 3 aromatic carbocycles. The maximum absolute atomic E-state index is 13.2. The van der Waals surface area contributed by atoms with E-state index in [9.17, 15) is 35.9 Å². The van der Waals surface area contributed by atoms with Crippen LogP contribution in [0.25, 0.3) is 0 Å². The second-order valence-corrected chi connectivity index (χ2v) is 7.09. The van der Waals surface area contributed by atoms with E-state index in [4.69, 9.17) is 11.5 Å². The summed E-state index contributed by atoms with van der Waals surface area (Å²) in [6.45, 7) is 0. The smallest absolute Gasteiger partial charge is 0.399 e. The third-order valence-corrected chi connectivity index (χ3v) is 4.60. The first-order chi connectivity index (χ1) is 15.8. The highest BCUT2D eigenvalue weighted by Crippen LogP contribution is 2.37. The van der Waals surface area contributed by atoms with Crippen molar-refractivity contribution in [3.8, 4) is 0 Å². The van der Waals surface area contributed by atoms with Crippen LogP contribution in [0.5, 0.6) is 0 Å². The topological polar surface area (TPSA) is 110 Å². The highest BCUT2D eigenvalue weighted by Gasteiger charge is 2.35. The lowest BCUT2D eigenvalue weighted by molar-refractivity contribution is -0.137. The molecule has 0 bridgehead atoms. The predicted octanol–water partition coefficient (Wildman–Crippen LogP) is 5.39. The van der Waals surface area contributed by atoms with Crippen LogP contribution < -0.4 is 22.1 Å². The quantitative estimate of drug-likeness (QED) is 0.295. The summed E-state index contributed by atoms with van der Waals surface area (Å²) in [5.41, 5.74) is 6.99. The van der Waals surface area contributed by atoms with E-state index < -0.39 is 46.7 Å². The van der Waals surface area contributed by atoms with Crippen LogP contribution in [0.4, 0.5) is 49.1 Å². The minimum absolute atomic E-state index is 0.0926. The normalized spacial score (nSPS) is 11.7. The van der Waals surface area contributed by atoms with Gasteiger partial charge in [0.1, 0.15) is 0 Å². The molecule has 0 aliphatic carbocycles. The van der Waals surface area contributed by atoms with E-state index in [2.05, 4.69) is 10.6 Å². The number of carbonyl (C=O) groups excluding carboxylic acids is 2. The molecular formula is C22H16F6N4O2. The summed E-state index contributed by atoms with van der Waals surface area (Å²) in [7, 11) is 0. The summed E-state index contributed by atoms with van der Waals surface area (Å²) in [5.74, 6) is -1.81. The lowest BCUT2D eigenvalue weighted by Gasteiger charge is -2.15. The van der Waals surface area contributed by atoms with E-state index in [0.717, 1.165) is 36.4 Å². The molecule has 0 radical (unpaired) electrons. The second-order valence-electron chi connectivity index (χ2n) is 7.09. The lowest BCUT2D eigenvalue weighted by atomic mass is 10.1. The van der Waals surface area contributed by atoms with Gasteiger partial charge in [0.05, 0.1) is 22.5 Å². The molecule has 0 heterocycles. The number of benzene rings is 3. The number of hydrogen-bond acceptors (Lipinski definition) is 4. The molecule has 0 aliphatic rings. The standard InChI is InChI=1S/C22H16F6N4O2/c23-21(24,25)15-9-13(29)5-7-17(15)31-19(33)11-1-2-12(4-3-11)20(34)32-18-8-6-14(30)10-16(18)22(26,27)28/h1-10H,29-30H2,(H,31,33)(H,32,34). The fraction of sp³-hybridized carbons (Fsp3) is 0.0909. The SMILES string of the molecule is Nc1ccc(NC(=O)c2ccc(C(=O)Nc3ccc(N)cc3C(F)(F)F)cc2)c(C(F)(F)F)c1. The van der Waals surface area contributed by atoms with Gasteiger partial charge < -0.3 is 22.1 Å². The summed E-state index contributed by atoms with van der Waals surface area (Å²) >= 11 is 0. The van der Waals surface area contributed by atoms with Crippen molar-refractivity contribution in [2.75, 3.05) is 22.1 Å². The van der Waals surface area contributed by atoms with Gasteiger partial charge in [-0.05, 0) is 60.7 Å².